The van der Waals surface area contributed by atoms with Gasteiger partial charge in [-0.15, -0.1) is 0 Å². The molecule has 0 amide bonds. The minimum Gasteiger partial charge on any atom is -0.466 e. The van der Waals surface area contributed by atoms with E-state index in [1.807, 2.05) is 31.3 Å². The lowest BCUT2D eigenvalue weighted by Crippen LogP contribution is -2.38. The van der Waals surface area contributed by atoms with Gasteiger partial charge in [0.25, 0.3) is 0 Å². The first-order chi connectivity index (χ1) is 12.7. The van der Waals surface area contributed by atoms with Crippen LogP contribution in [0.4, 0.5) is 0 Å². The molecule has 1 fully saturated rings. The molecule has 0 saturated carbocycles. The molecule has 0 spiro atoms. The Bertz CT molecular complexity index is 691. The van der Waals surface area contributed by atoms with Crippen LogP contribution in [-0.2, 0) is 20.7 Å². The van der Waals surface area contributed by atoms with Crippen molar-refractivity contribution in [3.63, 3.8) is 0 Å². The third kappa shape index (κ3) is 4.50. The Morgan fingerprint density at radius 1 is 1.15 bits per heavy atom. The molecule has 1 aromatic carbocycles. The Morgan fingerprint density at radius 3 is 2.58 bits per heavy atom. The maximum absolute atomic E-state index is 12.5. The normalized spacial score (nSPS) is 16.2. The maximum Gasteiger partial charge on any atom is 0.312 e. The molecule has 2 heterocycles. The predicted molar refractivity (Wildman–Crippen MR) is 102 cm³/mol. The summed E-state index contributed by atoms with van der Waals surface area (Å²) in [6, 6.07) is 14.5. The Balaban J connectivity index is 1.58. The van der Waals surface area contributed by atoms with Gasteiger partial charge >= 0.3 is 5.97 Å². The number of aromatic nitrogens is 1. The largest absolute Gasteiger partial charge is 0.466 e. The molecule has 2 aromatic rings. The van der Waals surface area contributed by atoms with Crippen LogP contribution in [0.3, 0.4) is 0 Å². The number of ether oxygens (including phenoxy) is 2. The fourth-order valence-electron chi connectivity index (χ4n) is 3.61. The lowest BCUT2D eigenvalue weighted by molar-refractivity contribution is -0.162. The molecule has 138 valence electrons. The van der Waals surface area contributed by atoms with Gasteiger partial charge in [-0.25, -0.2) is 0 Å². The second-order valence-corrected chi connectivity index (χ2v) is 6.88. The summed E-state index contributed by atoms with van der Waals surface area (Å²) < 4.78 is 10.8. The van der Waals surface area contributed by atoms with Crippen LogP contribution in [0.1, 0.15) is 38.2 Å². The second-order valence-electron chi connectivity index (χ2n) is 6.88. The number of aryl methyl sites for hydroxylation is 1. The number of rotatable bonds is 7. The summed E-state index contributed by atoms with van der Waals surface area (Å²) in [7, 11) is 0. The van der Waals surface area contributed by atoms with Crippen molar-refractivity contribution in [2.45, 2.75) is 39.0 Å². The highest BCUT2D eigenvalue weighted by molar-refractivity contribution is 5.77. The summed E-state index contributed by atoms with van der Waals surface area (Å²) in [6.45, 7) is 3.61. The summed E-state index contributed by atoms with van der Waals surface area (Å²) in [5, 5.41) is 0. The van der Waals surface area contributed by atoms with Gasteiger partial charge in [0.15, 0.2) is 0 Å². The minimum atomic E-state index is -0.359. The molecule has 26 heavy (non-hydrogen) atoms. The summed E-state index contributed by atoms with van der Waals surface area (Å²) in [6.07, 6.45) is 6.14. The van der Waals surface area contributed by atoms with Gasteiger partial charge in [0.05, 0.1) is 17.7 Å². The highest BCUT2D eigenvalue weighted by atomic mass is 16.5. The van der Waals surface area contributed by atoms with E-state index in [1.54, 1.807) is 0 Å². The number of esters is 1. The molecule has 0 unspecified atom stereocenters. The van der Waals surface area contributed by atoms with Crippen LogP contribution in [0.25, 0.3) is 11.3 Å². The molecular formula is C22H27NO3. The van der Waals surface area contributed by atoms with Crippen molar-refractivity contribution >= 4 is 5.97 Å². The van der Waals surface area contributed by atoms with Crippen molar-refractivity contribution in [1.29, 1.82) is 0 Å². The van der Waals surface area contributed by atoms with Crippen molar-refractivity contribution in [2.75, 3.05) is 19.8 Å². The average Bonchev–Trinajstić information content (AvgIpc) is 2.70. The maximum atomic E-state index is 12.5. The zero-order valence-electron chi connectivity index (χ0n) is 15.4. The molecule has 0 aliphatic carbocycles. The van der Waals surface area contributed by atoms with E-state index < -0.39 is 0 Å². The lowest BCUT2D eigenvalue weighted by atomic mass is 9.76. The standard InChI is InChI=1S/C22H27NO3/c1-2-26-21(24)22(13-16-25-17-14-22)12-5-6-18-8-10-19(11-9-18)20-7-3-4-15-23-20/h3-4,7-11,15H,2,5-6,12-14,16-17H2,1H3. The van der Waals surface area contributed by atoms with Crippen molar-refractivity contribution in [2.24, 2.45) is 5.41 Å². The number of hydrogen-bond acceptors (Lipinski definition) is 4. The number of hydrogen-bond donors (Lipinski definition) is 0. The highest BCUT2D eigenvalue weighted by Crippen LogP contribution is 2.37. The smallest absolute Gasteiger partial charge is 0.312 e. The molecule has 1 saturated heterocycles. The fraction of sp³-hybridized carbons (Fsp3) is 0.455. The predicted octanol–water partition coefficient (Wildman–Crippen LogP) is 4.43. The first-order valence-electron chi connectivity index (χ1n) is 9.49. The molecule has 1 aliphatic rings. The Morgan fingerprint density at radius 2 is 1.92 bits per heavy atom. The van der Waals surface area contributed by atoms with E-state index in [2.05, 4.69) is 29.2 Å². The van der Waals surface area contributed by atoms with Crippen molar-refractivity contribution < 1.29 is 14.3 Å². The third-order valence-corrected chi connectivity index (χ3v) is 5.19. The molecule has 1 aliphatic heterocycles. The zero-order valence-corrected chi connectivity index (χ0v) is 15.4. The summed E-state index contributed by atoms with van der Waals surface area (Å²) >= 11 is 0. The first-order valence-corrected chi connectivity index (χ1v) is 9.49. The second kappa shape index (κ2) is 8.95. The van der Waals surface area contributed by atoms with Crippen LogP contribution >= 0.6 is 0 Å². The molecule has 0 bridgehead atoms. The lowest BCUT2D eigenvalue weighted by Gasteiger charge is -2.34. The van der Waals surface area contributed by atoms with Gasteiger partial charge in [0.2, 0.25) is 0 Å². The molecular weight excluding hydrogens is 326 g/mol. The minimum absolute atomic E-state index is 0.0474. The average molecular weight is 353 g/mol. The monoisotopic (exact) mass is 353 g/mol. The van der Waals surface area contributed by atoms with Crippen LogP contribution in [-0.4, -0.2) is 30.8 Å². The van der Waals surface area contributed by atoms with Gasteiger partial charge in [-0.3, -0.25) is 9.78 Å². The quantitative estimate of drug-likeness (QED) is 0.691. The topological polar surface area (TPSA) is 48.4 Å². The van der Waals surface area contributed by atoms with Gasteiger partial charge < -0.3 is 9.47 Å². The van der Waals surface area contributed by atoms with Crippen molar-refractivity contribution in [1.82, 2.24) is 4.98 Å². The molecule has 4 nitrogen and oxygen atoms in total. The van der Waals surface area contributed by atoms with Gasteiger partial charge in [-0.2, -0.15) is 0 Å². The fourth-order valence-corrected chi connectivity index (χ4v) is 3.61. The Labute approximate surface area is 155 Å². The Hall–Kier alpha value is -2.20. The zero-order chi connectivity index (χ0) is 18.2. The van der Waals surface area contributed by atoms with Crippen molar-refractivity contribution in [3.05, 3.63) is 54.2 Å². The van der Waals surface area contributed by atoms with Crippen LogP contribution in [0.15, 0.2) is 48.7 Å². The van der Waals surface area contributed by atoms with Gasteiger partial charge in [0, 0.05) is 25.0 Å². The number of carbonyl (C=O) groups excluding carboxylic acids is 1. The van der Waals surface area contributed by atoms with E-state index in [-0.39, 0.29) is 11.4 Å². The molecule has 3 rings (SSSR count). The van der Waals surface area contributed by atoms with E-state index in [0.717, 1.165) is 43.4 Å². The summed E-state index contributed by atoms with van der Waals surface area (Å²) in [4.78, 5) is 16.9. The van der Waals surface area contributed by atoms with Crippen LogP contribution in [0.2, 0.25) is 0 Å². The van der Waals surface area contributed by atoms with E-state index in [4.69, 9.17) is 9.47 Å². The first kappa shape index (κ1) is 18.6. The van der Waals surface area contributed by atoms with E-state index in [9.17, 15) is 4.79 Å². The van der Waals surface area contributed by atoms with Crippen molar-refractivity contribution in [3.8, 4) is 11.3 Å². The number of carbonyl (C=O) groups is 1. The third-order valence-electron chi connectivity index (χ3n) is 5.19. The van der Waals surface area contributed by atoms with E-state index >= 15 is 0 Å². The summed E-state index contributed by atoms with van der Waals surface area (Å²) in [5.74, 6) is -0.0474. The van der Waals surface area contributed by atoms with E-state index in [1.165, 1.54) is 5.56 Å². The molecule has 0 atom stereocenters. The van der Waals surface area contributed by atoms with Gasteiger partial charge in [-0.05, 0) is 56.7 Å². The van der Waals surface area contributed by atoms with Crippen LogP contribution in [0, 0.1) is 5.41 Å². The van der Waals surface area contributed by atoms with E-state index in [0.29, 0.717) is 19.8 Å². The molecule has 4 heteroatoms. The highest BCUT2D eigenvalue weighted by Gasteiger charge is 2.40. The van der Waals surface area contributed by atoms with Crippen LogP contribution in [0.5, 0.6) is 0 Å². The molecule has 1 aromatic heterocycles. The number of pyridine rings is 1. The molecule has 0 N–H and O–H groups in total. The van der Waals surface area contributed by atoms with Gasteiger partial charge in [0.1, 0.15) is 0 Å². The number of nitrogens with zero attached hydrogens (tertiary/aromatic N) is 1. The SMILES string of the molecule is CCOC(=O)C1(CCCc2ccc(-c3ccccn3)cc2)CCOCC1. The Kier molecular flexibility index (Phi) is 6.40. The van der Waals surface area contributed by atoms with Gasteiger partial charge in [-0.1, -0.05) is 30.3 Å². The summed E-state index contributed by atoms with van der Waals surface area (Å²) in [5.41, 5.74) is 3.04. The molecule has 0 radical (unpaired) electrons. The number of benzene rings is 1. The van der Waals surface area contributed by atoms with Crippen LogP contribution < -0.4 is 0 Å².